The molecule has 0 aromatic heterocycles. The van der Waals surface area contributed by atoms with Gasteiger partial charge in [-0.15, -0.1) is 0 Å². The molecule has 0 heterocycles. The van der Waals surface area contributed by atoms with Gasteiger partial charge in [0, 0.05) is 0 Å². The molecule has 0 radical (unpaired) electrons. The van der Waals surface area contributed by atoms with Gasteiger partial charge in [-0.1, -0.05) is 48.5 Å². The molecular weight excluding hydrogens is 340 g/mol. The Morgan fingerprint density at radius 3 is 2.44 bits per heavy atom. The van der Waals surface area contributed by atoms with Crippen LogP contribution in [-0.4, -0.2) is 25.5 Å². The van der Waals surface area contributed by atoms with Crippen LogP contribution in [0.15, 0.2) is 66.7 Å². The standard InChI is InChI=1S/C22H22N2O3/c1-15(17-12-11-16-7-3-4-8-18(16)13-17)24-21(25)14-23-22(26)19-9-5-6-10-20(19)27-2/h3-13,15H,14H2,1-2H3,(H,23,26)(H,24,25). The Kier molecular flexibility index (Phi) is 5.71. The third-order valence-corrected chi connectivity index (χ3v) is 4.41. The number of fused-ring (bicyclic) bond motifs is 1. The number of methoxy groups -OCH3 is 1. The summed E-state index contributed by atoms with van der Waals surface area (Å²) >= 11 is 0. The van der Waals surface area contributed by atoms with Gasteiger partial charge in [-0.25, -0.2) is 0 Å². The number of carbonyl (C=O) groups excluding carboxylic acids is 2. The minimum atomic E-state index is -0.346. The Hall–Kier alpha value is -3.34. The second kappa shape index (κ2) is 8.36. The first-order valence-corrected chi connectivity index (χ1v) is 8.78. The van der Waals surface area contributed by atoms with Crippen molar-refractivity contribution in [3.63, 3.8) is 0 Å². The molecule has 1 atom stereocenters. The summed E-state index contributed by atoms with van der Waals surface area (Å²) in [7, 11) is 1.50. The largest absolute Gasteiger partial charge is 0.496 e. The van der Waals surface area contributed by atoms with Gasteiger partial charge in [-0.2, -0.15) is 0 Å². The summed E-state index contributed by atoms with van der Waals surface area (Å²) in [4.78, 5) is 24.5. The molecule has 5 nitrogen and oxygen atoms in total. The topological polar surface area (TPSA) is 67.4 Å². The predicted octanol–water partition coefficient (Wildman–Crippen LogP) is 3.46. The molecule has 0 aliphatic heterocycles. The summed E-state index contributed by atoms with van der Waals surface area (Å²) in [6, 6.07) is 20.9. The van der Waals surface area contributed by atoms with E-state index in [0.29, 0.717) is 11.3 Å². The fraction of sp³-hybridized carbons (Fsp3) is 0.182. The van der Waals surface area contributed by atoms with Crippen LogP contribution in [0.5, 0.6) is 5.75 Å². The van der Waals surface area contributed by atoms with E-state index in [1.165, 1.54) is 7.11 Å². The van der Waals surface area contributed by atoms with Gasteiger partial charge in [0.2, 0.25) is 5.91 Å². The Morgan fingerprint density at radius 2 is 1.67 bits per heavy atom. The first-order valence-electron chi connectivity index (χ1n) is 8.78. The third-order valence-electron chi connectivity index (χ3n) is 4.41. The number of nitrogens with one attached hydrogen (secondary N) is 2. The van der Waals surface area contributed by atoms with Crippen molar-refractivity contribution >= 4 is 22.6 Å². The van der Waals surface area contributed by atoms with E-state index >= 15 is 0 Å². The molecule has 3 aromatic rings. The van der Waals surface area contributed by atoms with Crippen molar-refractivity contribution in [2.75, 3.05) is 13.7 Å². The molecule has 5 heteroatoms. The summed E-state index contributed by atoms with van der Waals surface area (Å²) < 4.78 is 5.17. The predicted molar refractivity (Wildman–Crippen MR) is 106 cm³/mol. The van der Waals surface area contributed by atoms with E-state index in [1.807, 2.05) is 37.3 Å². The van der Waals surface area contributed by atoms with E-state index in [2.05, 4.69) is 22.8 Å². The van der Waals surface area contributed by atoms with Crippen molar-refractivity contribution in [2.45, 2.75) is 13.0 Å². The molecule has 27 heavy (non-hydrogen) atoms. The minimum Gasteiger partial charge on any atom is -0.496 e. The number of para-hydroxylation sites is 1. The first kappa shape index (κ1) is 18.5. The van der Waals surface area contributed by atoms with Crippen LogP contribution in [0.4, 0.5) is 0 Å². The van der Waals surface area contributed by atoms with Gasteiger partial charge in [-0.05, 0) is 41.5 Å². The van der Waals surface area contributed by atoms with Crippen molar-refractivity contribution in [1.29, 1.82) is 0 Å². The van der Waals surface area contributed by atoms with Crippen molar-refractivity contribution in [1.82, 2.24) is 10.6 Å². The van der Waals surface area contributed by atoms with Gasteiger partial charge in [0.1, 0.15) is 5.75 Å². The summed E-state index contributed by atoms with van der Waals surface area (Å²) in [5, 5.41) is 7.82. The monoisotopic (exact) mass is 362 g/mol. The smallest absolute Gasteiger partial charge is 0.255 e. The normalized spacial score (nSPS) is 11.6. The van der Waals surface area contributed by atoms with E-state index in [9.17, 15) is 9.59 Å². The molecule has 3 aromatic carbocycles. The van der Waals surface area contributed by atoms with Crippen LogP contribution in [0.25, 0.3) is 10.8 Å². The molecule has 0 saturated carbocycles. The van der Waals surface area contributed by atoms with Crippen LogP contribution >= 0.6 is 0 Å². The van der Waals surface area contributed by atoms with E-state index in [4.69, 9.17) is 4.74 Å². The fourth-order valence-corrected chi connectivity index (χ4v) is 2.94. The van der Waals surface area contributed by atoms with Crippen molar-refractivity contribution in [3.05, 3.63) is 77.9 Å². The maximum absolute atomic E-state index is 12.3. The third kappa shape index (κ3) is 4.44. The molecule has 0 spiro atoms. The van der Waals surface area contributed by atoms with E-state index < -0.39 is 0 Å². The van der Waals surface area contributed by atoms with Crippen LogP contribution in [0.2, 0.25) is 0 Å². The van der Waals surface area contributed by atoms with Crippen molar-refractivity contribution in [2.24, 2.45) is 0 Å². The van der Waals surface area contributed by atoms with E-state index in [0.717, 1.165) is 16.3 Å². The molecule has 2 N–H and O–H groups in total. The molecular formula is C22H22N2O3. The van der Waals surface area contributed by atoms with Crippen LogP contribution in [0, 0.1) is 0 Å². The molecule has 138 valence electrons. The number of hydrogen-bond acceptors (Lipinski definition) is 3. The SMILES string of the molecule is COc1ccccc1C(=O)NCC(=O)NC(C)c1ccc2ccccc2c1. The molecule has 3 rings (SSSR count). The summed E-state index contributed by atoms with van der Waals surface area (Å²) in [5.74, 6) is -0.125. The molecule has 0 aliphatic carbocycles. The van der Waals surface area contributed by atoms with Gasteiger partial charge in [0.15, 0.2) is 0 Å². The highest BCUT2D eigenvalue weighted by Gasteiger charge is 2.14. The summed E-state index contributed by atoms with van der Waals surface area (Å²) in [6.07, 6.45) is 0. The average molecular weight is 362 g/mol. The maximum atomic E-state index is 12.3. The fourth-order valence-electron chi connectivity index (χ4n) is 2.94. The zero-order valence-electron chi connectivity index (χ0n) is 15.4. The lowest BCUT2D eigenvalue weighted by molar-refractivity contribution is -0.120. The quantitative estimate of drug-likeness (QED) is 0.706. The van der Waals surface area contributed by atoms with Gasteiger partial charge < -0.3 is 15.4 Å². The number of rotatable bonds is 6. The van der Waals surface area contributed by atoms with Gasteiger partial charge in [0.25, 0.3) is 5.91 Å². The minimum absolute atomic E-state index is 0.102. The van der Waals surface area contributed by atoms with Crippen LogP contribution in [-0.2, 0) is 4.79 Å². The Labute approximate surface area is 158 Å². The molecule has 1 unspecified atom stereocenters. The number of hydrogen-bond donors (Lipinski definition) is 2. The highest BCUT2D eigenvalue weighted by molar-refractivity contribution is 5.98. The Morgan fingerprint density at radius 1 is 0.963 bits per heavy atom. The highest BCUT2D eigenvalue weighted by atomic mass is 16.5. The maximum Gasteiger partial charge on any atom is 0.255 e. The first-order chi connectivity index (χ1) is 13.1. The summed E-state index contributed by atoms with van der Waals surface area (Å²) in [5.41, 5.74) is 1.41. The van der Waals surface area contributed by atoms with Gasteiger partial charge in [0.05, 0.1) is 25.3 Å². The second-order valence-electron chi connectivity index (χ2n) is 6.28. The number of benzene rings is 3. The lowest BCUT2D eigenvalue weighted by Gasteiger charge is -2.16. The molecule has 0 bridgehead atoms. The number of carbonyl (C=O) groups is 2. The van der Waals surface area contributed by atoms with Crippen LogP contribution < -0.4 is 15.4 Å². The number of ether oxygens (including phenoxy) is 1. The van der Waals surface area contributed by atoms with Crippen LogP contribution in [0.1, 0.15) is 28.9 Å². The molecule has 0 fully saturated rings. The lowest BCUT2D eigenvalue weighted by atomic mass is 10.0. The Bertz CT molecular complexity index is 968. The summed E-state index contributed by atoms with van der Waals surface area (Å²) in [6.45, 7) is 1.82. The van der Waals surface area contributed by atoms with Crippen LogP contribution in [0.3, 0.4) is 0 Å². The van der Waals surface area contributed by atoms with E-state index in [1.54, 1.807) is 24.3 Å². The van der Waals surface area contributed by atoms with Gasteiger partial charge >= 0.3 is 0 Å². The van der Waals surface area contributed by atoms with Gasteiger partial charge in [-0.3, -0.25) is 9.59 Å². The average Bonchev–Trinajstić information content (AvgIpc) is 2.71. The number of amides is 2. The van der Waals surface area contributed by atoms with Crippen molar-refractivity contribution < 1.29 is 14.3 Å². The highest BCUT2D eigenvalue weighted by Crippen LogP contribution is 2.20. The van der Waals surface area contributed by atoms with Crippen molar-refractivity contribution in [3.8, 4) is 5.75 Å². The Balaban J connectivity index is 1.58. The molecule has 0 saturated heterocycles. The second-order valence-corrected chi connectivity index (χ2v) is 6.28. The zero-order chi connectivity index (χ0) is 19.2. The lowest BCUT2D eigenvalue weighted by Crippen LogP contribution is -2.38. The molecule has 2 amide bonds. The van der Waals surface area contributed by atoms with E-state index in [-0.39, 0.29) is 24.4 Å². The molecule has 0 aliphatic rings. The zero-order valence-corrected chi connectivity index (χ0v) is 15.4.